The summed E-state index contributed by atoms with van der Waals surface area (Å²) in [6.45, 7) is 7.97. The highest BCUT2D eigenvalue weighted by Crippen LogP contribution is 2.31. The molecule has 3 atom stereocenters. The summed E-state index contributed by atoms with van der Waals surface area (Å²) in [6, 6.07) is 2.99. The molecule has 3 unspecified atom stereocenters. The Balaban J connectivity index is 2.50. The zero-order valence-electron chi connectivity index (χ0n) is 11.2. The van der Waals surface area contributed by atoms with Gasteiger partial charge in [-0.15, -0.1) is 0 Å². The average Bonchev–Trinajstić information content (AvgIpc) is 2.25. The van der Waals surface area contributed by atoms with Crippen LogP contribution in [0.1, 0.15) is 46.5 Å². The van der Waals surface area contributed by atoms with E-state index in [1.165, 1.54) is 19.3 Å². The summed E-state index contributed by atoms with van der Waals surface area (Å²) < 4.78 is 0. The zero-order valence-corrected chi connectivity index (χ0v) is 11.2. The molecule has 0 N–H and O–H groups in total. The SMILES string of the molecule is CC(C)CCN(C)C1CC(C)CCC1C#N. The van der Waals surface area contributed by atoms with Gasteiger partial charge in [-0.2, -0.15) is 5.26 Å². The number of hydrogen-bond donors (Lipinski definition) is 0. The first-order chi connectivity index (χ1) is 7.54. The Labute approximate surface area is 101 Å². The molecule has 1 aliphatic carbocycles. The van der Waals surface area contributed by atoms with Gasteiger partial charge in [0.2, 0.25) is 0 Å². The summed E-state index contributed by atoms with van der Waals surface area (Å²) in [5.74, 6) is 1.80. The van der Waals surface area contributed by atoms with Gasteiger partial charge >= 0.3 is 0 Å². The summed E-state index contributed by atoms with van der Waals surface area (Å²) in [5, 5.41) is 9.20. The third-order valence-corrected chi connectivity index (χ3v) is 3.87. The van der Waals surface area contributed by atoms with Crippen LogP contribution in [0.3, 0.4) is 0 Å². The first-order valence-corrected chi connectivity index (χ1v) is 6.64. The Morgan fingerprint density at radius 1 is 1.38 bits per heavy atom. The van der Waals surface area contributed by atoms with Crippen LogP contribution in [0.5, 0.6) is 0 Å². The molecule has 2 heteroatoms. The Kier molecular flexibility index (Phi) is 5.28. The fraction of sp³-hybridized carbons (Fsp3) is 0.929. The topological polar surface area (TPSA) is 27.0 Å². The van der Waals surface area contributed by atoms with Crippen LogP contribution in [-0.4, -0.2) is 24.5 Å². The lowest BCUT2D eigenvalue weighted by atomic mass is 9.79. The van der Waals surface area contributed by atoms with Gasteiger partial charge in [0.05, 0.1) is 12.0 Å². The minimum absolute atomic E-state index is 0.258. The molecule has 0 radical (unpaired) electrons. The molecule has 0 aliphatic heterocycles. The second kappa shape index (κ2) is 6.25. The van der Waals surface area contributed by atoms with Crippen LogP contribution in [0.15, 0.2) is 0 Å². The van der Waals surface area contributed by atoms with Crippen molar-refractivity contribution < 1.29 is 0 Å². The van der Waals surface area contributed by atoms with E-state index >= 15 is 0 Å². The molecule has 0 amide bonds. The van der Waals surface area contributed by atoms with Crippen molar-refractivity contribution in [2.45, 2.75) is 52.5 Å². The smallest absolute Gasteiger partial charge is 0.0672 e. The maximum atomic E-state index is 9.20. The molecule has 1 aliphatic rings. The molecule has 1 saturated carbocycles. The van der Waals surface area contributed by atoms with Gasteiger partial charge in [0.1, 0.15) is 0 Å². The molecular formula is C14H26N2. The van der Waals surface area contributed by atoms with E-state index in [1.807, 2.05) is 0 Å². The molecule has 1 rings (SSSR count). The summed E-state index contributed by atoms with van der Waals surface area (Å²) in [7, 11) is 2.19. The van der Waals surface area contributed by atoms with E-state index in [1.54, 1.807) is 0 Å². The maximum absolute atomic E-state index is 9.20. The minimum atomic E-state index is 0.258. The second-order valence-corrected chi connectivity index (χ2v) is 5.88. The fourth-order valence-electron chi connectivity index (χ4n) is 2.62. The lowest BCUT2D eigenvalue weighted by molar-refractivity contribution is 0.126. The number of rotatable bonds is 4. The Morgan fingerprint density at radius 3 is 2.62 bits per heavy atom. The molecule has 0 saturated heterocycles. The minimum Gasteiger partial charge on any atom is -0.302 e. The molecular weight excluding hydrogens is 196 g/mol. The lowest BCUT2D eigenvalue weighted by Gasteiger charge is -2.37. The van der Waals surface area contributed by atoms with Crippen LogP contribution < -0.4 is 0 Å². The van der Waals surface area contributed by atoms with Crippen LogP contribution in [0.4, 0.5) is 0 Å². The number of nitriles is 1. The Hall–Kier alpha value is -0.550. The summed E-state index contributed by atoms with van der Waals surface area (Å²) in [5.41, 5.74) is 0. The van der Waals surface area contributed by atoms with Crippen LogP contribution >= 0.6 is 0 Å². The van der Waals surface area contributed by atoms with E-state index < -0.39 is 0 Å². The van der Waals surface area contributed by atoms with Gasteiger partial charge in [0, 0.05) is 6.04 Å². The predicted octanol–water partition coefficient (Wildman–Crippen LogP) is 3.29. The largest absolute Gasteiger partial charge is 0.302 e. The van der Waals surface area contributed by atoms with Gasteiger partial charge < -0.3 is 4.90 Å². The highest BCUT2D eigenvalue weighted by atomic mass is 15.1. The van der Waals surface area contributed by atoms with Crippen molar-refractivity contribution in [3.63, 3.8) is 0 Å². The Morgan fingerprint density at radius 2 is 2.06 bits per heavy atom. The molecule has 0 bridgehead atoms. The number of nitrogens with zero attached hydrogens (tertiary/aromatic N) is 2. The molecule has 2 nitrogen and oxygen atoms in total. The number of hydrogen-bond acceptors (Lipinski definition) is 2. The maximum Gasteiger partial charge on any atom is 0.0672 e. The van der Waals surface area contributed by atoms with E-state index in [2.05, 4.69) is 38.8 Å². The summed E-state index contributed by atoms with van der Waals surface area (Å²) in [4.78, 5) is 2.42. The van der Waals surface area contributed by atoms with E-state index in [9.17, 15) is 5.26 Å². The highest BCUT2D eigenvalue weighted by molar-refractivity contribution is 4.96. The van der Waals surface area contributed by atoms with Crippen molar-refractivity contribution in [1.82, 2.24) is 4.90 Å². The van der Waals surface area contributed by atoms with E-state index in [0.717, 1.165) is 24.8 Å². The predicted molar refractivity (Wildman–Crippen MR) is 68.0 cm³/mol. The third-order valence-electron chi connectivity index (χ3n) is 3.87. The molecule has 0 heterocycles. The second-order valence-electron chi connectivity index (χ2n) is 5.88. The van der Waals surface area contributed by atoms with Crippen LogP contribution in [0.2, 0.25) is 0 Å². The zero-order chi connectivity index (χ0) is 12.1. The molecule has 0 aromatic carbocycles. The molecule has 0 aromatic heterocycles. The van der Waals surface area contributed by atoms with Crippen molar-refractivity contribution >= 4 is 0 Å². The highest BCUT2D eigenvalue weighted by Gasteiger charge is 2.31. The van der Waals surface area contributed by atoms with Crippen molar-refractivity contribution in [2.75, 3.05) is 13.6 Å². The van der Waals surface area contributed by atoms with Gasteiger partial charge in [0.25, 0.3) is 0 Å². The molecule has 16 heavy (non-hydrogen) atoms. The summed E-state index contributed by atoms with van der Waals surface area (Å²) >= 11 is 0. The molecule has 0 aromatic rings. The van der Waals surface area contributed by atoms with Crippen LogP contribution in [-0.2, 0) is 0 Å². The summed E-state index contributed by atoms with van der Waals surface area (Å²) in [6.07, 6.45) is 4.76. The normalized spacial score (nSPS) is 30.7. The quantitative estimate of drug-likeness (QED) is 0.730. The van der Waals surface area contributed by atoms with Crippen LogP contribution in [0, 0.1) is 29.1 Å². The van der Waals surface area contributed by atoms with Crippen molar-refractivity contribution in [2.24, 2.45) is 17.8 Å². The molecule has 1 fully saturated rings. The first-order valence-electron chi connectivity index (χ1n) is 6.64. The van der Waals surface area contributed by atoms with Gasteiger partial charge in [-0.25, -0.2) is 0 Å². The van der Waals surface area contributed by atoms with Gasteiger partial charge in [-0.05, 0) is 51.1 Å². The van der Waals surface area contributed by atoms with Crippen LogP contribution in [0.25, 0.3) is 0 Å². The van der Waals surface area contributed by atoms with Gasteiger partial charge in [-0.3, -0.25) is 0 Å². The van der Waals surface area contributed by atoms with E-state index in [-0.39, 0.29) is 5.92 Å². The van der Waals surface area contributed by atoms with E-state index in [4.69, 9.17) is 0 Å². The van der Waals surface area contributed by atoms with Gasteiger partial charge in [0.15, 0.2) is 0 Å². The molecule has 0 spiro atoms. The molecule has 92 valence electrons. The van der Waals surface area contributed by atoms with Crippen molar-refractivity contribution in [3.05, 3.63) is 0 Å². The average molecular weight is 222 g/mol. The third kappa shape index (κ3) is 3.79. The van der Waals surface area contributed by atoms with Crippen molar-refractivity contribution in [1.29, 1.82) is 5.26 Å². The van der Waals surface area contributed by atoms with E-state index in [0.29, 0.717) is 6.04 Å². The van der Waals surface area contributed by atoms with Gasteiger partial charge in [-0.1, -0.05) is 20.8 Å². The Bertz CT molecular complexity index is 242. The lowest BCUT2D eigenvalue weighted by Crippen LogP contribution is -2.42. The fourth-order valence-corrected chi connectivity index (χ4v) is 2.62. The van der Waals surface area contributed by atoms with Crippen molar-refractivity contribution in [3.8, 4) is 6.07 Å². The monoisotopic (exact) mass is 222 g/mol. The standard InChI is InChI=1S/C14H26N2/c1-11(2)7-8-16(4)14-9-12(3)5-6-13(14)10-15/h11-14H,5-9H2,1-4H3. The first kappa shape index (κ1) is 13.5.